The number of rotatable bonds is 3. The van der Waals surface area contributed by atoms with E-state index in [1.165, 1.54) is 13.0 Å². The summed E-state index contributed by atoms with van der Waals surface area (Å²) >= 11 is 0. The Kier molecular flexibility index (Phi) is 7.34. The van der Waals surface area contributed by atoms with E-state index in [0.717, 1.165) is 16.7 Å². The fourth-order valence-electron chi connectivity index (χ4n) is 5.29. The van der Waals surface area contributed by atoms with Crippen molar-refractivity contribution >= 4 is 23.7 Å². The van der Waals surface area contributed by atoms with Gasteiger partial charge in [0.15, 0.2) is 11.9 Å². The Morgan fingerprint density at radius 3 is 2.44 bits per heavy atom. The Morgan fingerprint density at radius 1 is 1.15 bits per heavy atom. The highest BCUT2D eigenvalue weighted by Crippen LogP contribution is 2.51. The zero-order valence-corrected chi connectivity index (χ0v) is 21.0. The number of carbonyl (C=O) groups is 4. The van der Waals surface area contributed by atoms with Crippen LogP contribution >= 0.6 is 0 Å². The summed E-state index contributed by atoms with van der Waals surface area (Å²) in [7, 11) is 0. The second-order valence-electron chi connectivity index (χ2n) is 9.80. The molecule has 2 aliphatic carbocycles. The summed E-state index contributed by atoms with van der Waals surface area (Å²) in [6.45, 7) is 12.1. The predicted molar refractivity (Wildman–Crippen MR) is 125 cm³/mol. The van der Waals surface area contributed by atoms with Gasteiger partial charge in [-0.05, 0) is 77.5 Å². The Morgan fingerprint density at radius 2 is 1.82 bits per heavy atom. The predicted octanol–water partition coefficient (Wildman–Crippen LogP) is 4.32. The molecule has 0 unspecified atom stereocenters. The Hall–Kier alpha value is -2.96. The van der Waals surface area contributed by atoms with Crippen molar-refractivity contribution in [3.8, 4) is 0 Å². The van der Waals surface area contributed by atoms with E-state index in [4.69, 9.17) is 14.2 Å². The highest BCUT2D eigenvalue weighted by atomic mass is 16.6. The van der Waals surface area contributed by atoms with Crippen LogP contribution in [-0.4, -0.2) is 42.0 Å². The van der Waals surface area contributed by atoms with Gasteiger partial charge in [0, 0.05) is 18.1 Å². The highest BCUT2D eigenvalue weighted by molar-refractivity contribution is 5.97. The number of hydrogen-bond acceptors (Lipinski definition) is 7. The molecule has 3 aliphatic rings. The fraction of sp³-hybridized carbons (Fsp3) is 0.556. The molecule has 0 saturated heterocycles. The van der Waals surface area contributed by atoms with Gasteiger partial charge in [0.1, 0.15) is 12.2 Å². The summed E-state index contributed by atoms with van der Waals surface area (Å²) in [4.78, 5) is 50.5. The molecule has 0 aromatic carbocycles. The molecule has 0 aromatic heterocycles. The first-order valence-electron chi connectivity index (χ1n) is 11.7. The first kappa shape index (κ1) is 25.7. The first-order chi connectivity index (χ1) is 15.9. The van der Waals surface area contributed by atoms with Gasteiger partial charge in [0.05, 0.1) is 5.41 Å². The van der Waals surface area contributed by atoms with Crippen LogP contribution in [0.25, 0.3) is 0 Å². The average Bonchev–Trinajstić information content (AvgIpc) is 3.02. The molecule has 0 fully saturated rings. The van der Waals surface area contributed by atoms with E-state index in [9.17, 15) is 19.2 Å². The minimum absolute atomic E-state index is 0.327. The van der Waals surface area contributed by atoms with Crippen molar-refractivity contribution in [1.29, 1.82) is 0 Å². The van der Waals surface area contributed by atoms with Crippen LogP contribution in [0.4, 0.5) is 0 Å². The maximum absolute atomic E-state index is 13.2. The monoisotopic (exact) mass is 470 g/mol. The van der Waals surface area contributed by atoms with Gasteiger partial charge in [-0.2, -0.15) is 0 Å². The smallest absolute Gasteiger partial charge is 0.334 e. The quantitative estimate of drug-likeness (QED) is 0.262. The average molecular weight is 471 g/mol. The maximum Gasteiger partial charge on any atom is 0.334 e. The van der Waals surface area contributed by atoms with Crippen molar-refractivity contribution in [3.05, 3.63) is 46.1 Å². The SMILES string of the molecule is C/C=C(\C)C(=O)O[C@@H]1CCC(C)=C[C@@H]2OC(=O)C(C)=C2C[C@H]2C(C)=CC(=O)[C@H](OC(C)=O)[C@]12C. The standard InChI is InChI=1S/C27H34O7/c1-8-15(3)25(30)34-23-10-9-14(2)11-22-19(17(5)26(31)33-22)13-20-16(4)12-21(29)24(27(20,23)7)32-18(6)28/h8,11-12,20,22-24H,9-10,13H2,1-7H3/b14-11?,15-8+/t20-,22-,23+,24-,27-/m0/s1. The molecule has 0 bridgehead atoms. The van der Waals surface area contributed by atoms with Gasteiger partial charge in [0.25, 0.3) is 0 Å². The maximum atomic E-state index is 13.2. The molecule has 0 radical (unpaired) electrons. The molecule has 184 valence electrons. The topological polar surface area (TPSA) is 96.0 Å². The van der Waals surface area contributed by atoms with Crippen LogP contribution < -0.4 is 0 Å². The molecular weight excluding hydrogens is 436 g/mol. The number of fused-ring (bicyclic) bond motifs is 2. The van der Waals surface area contributed by atoms with Gasteiger partial charge < -0.3 is 14.2 Å². The summed E-state index contributed by atoms with van der Waals surface area (Å²) in [6, 6.07) is 0. The molecule has 0 amide bonds. The lowest BCUT2D eigenvalue weighted by Gasteiger charge is -2.49. The van der Waals surface area contributed by atoms with Crippen LogP contribution in [-0.2, 0) is 33.4 Å². The van der Waals surface area contributed by atoms with E-state index in [0.29, 0.717) is 30.4 Å². The van der Waals surface area contributed by atoms with Crippen molar-refractivity contribution in [2.24, 2.45) is 11.3 Å². The van der Waals surface area contributed by atoms with E-state index < -0.39 is 35.7 Å². The number of allylic oxidation sites excluding steroid dienone is 3. The number of ether oxygens (including phenoxy) is 3. The van der Waals surface area contributed by atoms with Gasteiger partial charge >= 0.3 is 17.9 Å². The van der Waals surface area contributed by atoms with Crippen LogP contribution in [0.2, 0.25) is 0 Å². The van der Waals surface area contributed by atoms with Gasteiger partial charge in [0.2, 0.25) is 0 Å². The third-order valence-corrected chi connectivity index (χ3v) is 7.50. The number of ketones is 1. The van der Waals surface area contributed by atoms with Crippen LogP contribution in [0.5, 0.6) is 0 Å². The van der Waals surface area contributed by atoms with Crippen LogP contribution in [0.15, 0.2) is 46.1 Å². The molecular formula is C27H34O7. The molecule has 1 heterocycles. The van der Waals surface area contributed by atoms with E-state index in [1.54, 1.807) is 26.8 Å². The number of esters is 3. The summed E-state index contributed by atoms with van der Waals surface area (Å²) < 4.78 is 17.3. The number of hydrogen-bond donors (Lipinski definition) is 0. The van der Waals surface area contributed by atoms with Gasteiger partial charge in [-0.25, -0.2) is 9.59 Å². The lowest BCUT2D eigenvalue weighted by Crippen LogP contribution is -2.57. The lowest BCUT2D eigenvalue weighted by molar-refractivity contribution is -0.181. The summed E-state index contributed by atoms with van der Waals surface area (Å²) in [5.74, 6) is -2.07. The third kappa shape index (κ3) is 4.65. The second kappa shape index (κ2) is 9.72. The van der Waals surface area contributed by atoms with Gasteiger partial charge in [-0.3, -0.25) is 9.59 Å². The largest absolute Gasteiger partial charge is 0.458 e. The van der Waals surface area contributed by atoms with Gasteiger partial charge in [-0.15, -0.1) is 0 Å². The van der Waals surface area contributed by atoms with Crippen molar-refractivity contribution in [2.75, 3.05) is 0 Å². The summed E-state index contributed by atoms with van der Waals surface area (Å²) in [6.07, 6.45) is 4.21. The minimum Gasteiger partial charge on any atom is -0.458 e. The molecule has 34 heavy (non-hydrogen) atoms. The van der Waals surface area contributed by atoms with E-state index in [-0.39, 0.29) is 17.7 Å². The first-order valence-corrected chi connectivity index (χ1v) is 11.7. The Bertz CT molecular complexity index is 1040. The molecule has 3 rings (SSSR count). The molecule has 7 heteroatoms. The zero-order valence-electron chi connectivity index (χ0n) is 21.0. The van der Waals surface area contributed by atoms with E-state index in [2.05, 4.69) is 0 Å². The zero-order chi connectivity index (χ0) is 25.4. The molecule has 0 aromatic rings. The van der Waals surface area contributed by atoms with Crippen molar-refractivity contribution in [2.45, 2.75) is 86.0 Å². The van der Waals surface area contributed by atoms with Crippen molar-refractivity contribution in [3.63, 3.8) is 0 Å². The molecule has 0 N–H and O–H groups in total. The van der Waals surface area contributed by atoms with Crippen molar-refractivity contribution in [1.82, 2.24) is 0 Å². The molecule has 0 saturated carbocycles. The fourth-order valence-corrected chi connectivity index (χ4v) is 5.29. The molecule has 7 nitrogen and oxygen atoms in total. The van der Waals surface area contributed by atoms with Gasteiger partial charge in [-0.1, -0.05) is 24.1 Å². The third-order valence-electron chi connectivity index (χ3n) is 7.50. The van der Waals surface area contributed by atoms with E-state index >= 15 is 0 Å². The minimum atomic E-state index is -1.12. The molecule has 0 spiro atoms. The lowest BCUT2D eigenvalue weighted by atomic mass is 9.59. The Balaban J connectivity index is 2.22. The molecule has 5 atom stereocenters. The summed E-state index contributed by atoms with van der Waals surface area (Å²) in [5, 5.41) is 0. The van der Waals surface area contributed by atoms with Crippen LogP contribution in [0, 0.1) is 11.3 Å². The summed E-state index contributed by atoms with van der Waals surface area (Å²) in [5.41, 5.74) is 2.56. The second-order valence-corrected chi connectivity index (χ2v) is 9.80. The number of carbonyl (C=O) groups excluding carboxylic acids is 4. The van der Waals surface area contributed by atoms with E-state index in [1.807, 2.05) is 26.8 Å². The van der Waals surface area contributed by atoms with Crippen LogP contribution in [0.3, 0.4) is 0 Å². The molecule has 1 aliphatic heterocycles. The Labute approximate surface area is 200 Å². The van der Waals surface area contributed by atoms with Crippen LogP contribution in [0.1, 0.15) is 67.7 Å². The highest BCUT2D eigenvalue weighted by Gasteiger charge is 2.57. The normalized spacial score (nSPS) is 32.1. The van der Waals surface area contributed by atoms with Crippen molar-refractivity contribution < 1.29 is 33.4 Å².